The third kappa shape index (κ3) is 4.35. The van der Waals surface area contributed by atoms with Gasteiger partial charge in [-0.1, -0.05) is 29.3 Å². The zero-order chi connectivity index (χ0) is 21.2. The van der Waals surface area contributed by atoms with Gasteiger partial charge >= 0.3 is 5.97 Å². The van der Waals surface area contributed by atoms with E-state index in [2.05, 4.69) is 5.32 Å². The Kier molecular flexibility index (Phi) is 5.52. The van der Waals surface area contributed by atoms with Crippen LogP contribution in [0.2, 0.25) is 0 Å². The van der Waals surface area contributed by atoms with E-state index in [-0.39, 0.29) is 20.9 Å². The number of benzene rings is 3. The van der Waals surface area contributed by atoms with Crippen LogP contribution in [0.25, 0.3) is 0 Å². The number of aryl methyl sites for hydroxylation is 2. The van der Waals surface area contributed by atoms with Crippen molar-refractivity contribution in [3.63, 3.8) is 0 Å². The Morgan fingerprint density at radius 1 is 0.759 bits per heavy atom. The maximum Gasteiger partial charge on any atom is 0.336 e. The Balaban J connectivity index is 1.84. The number of carbonyl (C=O) groups excluding carboxylic acids is 1. The van der Waals surface area contributed by atoms with Gasteiger partial charge in [0.1, 0.15) is 0 Å². The van der Waals surface area contributed by atoms with E-state index in [4.69, 9.17) is 0 Å². The summed E-state index contributed by atoms with van der Waals surface area (Å²) in [7, 11) is -3.67. The van der Waals surface area contributed by atoms with Gasteiger partial charge in [0.05, 0.1) is 20.9 Å². The molecule has 0 radical (unpaired) electrons. The summed E-state index contributed by atoms with van der Waals surface area (Å²) in [5.74, 6) is -1.78. The van der Waals surface area contributed by atoms with Crippen LogP contribution in [0.1, 0.15) is 31.8 Å². The lowest BCUT2D eigenvalue weighted by atomic mass is 10.0. The second-order valence-electron chi connectivity index (χ2n) is 6.65. The number of hydrogen-bond donors (Lipinski definition) is 2. The number of nitrogens with one attached hydrogen (secondary N) is 1. The highest BCUT2D eigenvalue weighted by Crippen LogP contribution is 2.23. The molecule has 0 atom stereocenters. The molecule has 0 aromatic heterocycles. The van der Waals surface area contributed by atoms with Crippen LogP contribution in [0.4, 0.5) is 5.69 Å². The molecule has 148 valence electrons. The minimum absolute atomic E-state index is 0.0360. The molecule has 1 amide bonds. The summed E-state index contributed by atoms with van der Waals surface area (Å²) < 4.78 is 25.4. The molecule has 0 aliphatic heterocycles. The summed E-state index contributed by atoms with van der Waals surface area (Å²) >= 11 is 0. The first kappa shape index (κ1) is 20.3. The standard InChI is InChI=1S/C22H19NO5S/c1-14-3-8-17(9-4-14)29(27,28)18-10-6-16(7-11-18)23-21(24)20-13-15(2)5-12-19(20)22(25)26/h3-13H,1-2H3,(H,23,24)(H,25,26). The van der Waals surface area contributed by atoms with E-state index in [1.54, 1.807) is 37.3 Å². The average Bonchev–Trinajstić information content (AvgIpc) is 2.68. The largest absolute Gasteiger partial charge is 0.478 e. The van der Waals surface area contributed by atoms with Crippen LogP contribution < -0.4 is 5.32 Å². The van der Waals surface area contributed by atoms with Crippen LogP contribution in [0.3, 0.4) is 0 Å². The quantitative estimate of drug-likeness (QED) is 0.661. The molecule has 29 heavy (non-hydrogen) atoms. The Hall–Kier alpha value is -3.45. The molecule has 6 nitrogen and oxygen atoms in total. The van der Waals surface area contributed by atoms with Crippen LogP contribution in [-0.2, 0) is 9.84 Å². The van der Waals surface area contributed by atoms with E-state index in [9.17, 15) is 23.1 Å². The van der Waals surface area contributed by atoms with E-state index in [1.807, 2.05) is 6.92 Å². The van der Waals surface area contributed by atoms with Crippen LogP contribution in [0.15, 0.2) is 76.5 Å². The molecule has 0 aliphatic carbocycles. The monoisotopic (exact) mass is 409 g/mol. The molecule has 0 spiro atoms. The number of aromatic carboxylic acids is 1. The highest BCUT2D eigenvalue weighted by Gasteiger charge is 2.19. The molecule has 3 aromatic carbocycles. The maximum atomic E-state index is 12.7. The van der Waals surface area contributed by atoms with Crippen molar-refractivity contribution < 1.29 is 23.1 Å². The Labute approximate surface area is 168 Å². The first-order valence-corrected chi connectivity index (χ1v) is 10.2. The Morgan fingerprint density at radius 2 is 1.28 bits per heavy atom. The number of carboxylic acid groups (broad SMARTS) is 1. The van der Waals surface area contributed by atoms with Crippen molar-refractivity contribution in [3.05, 3.63) is 89.0 Å². The van der Waals surface area contributed by atoms with Gasteiger partial charge in [0.2, 0.25) is 9.84 Å². The van der Waals surface area contributed by atoms with Crippen molar-refractivity contribution in [2.75, 3.05) is 5.32 Å². The van der Waals surface area contributed by atoms with Gasteiger partial charge in [0.15, 0.2) is 0 Å². The molecule has 2 N–H and O–H groups in total. The van der Waals surface area contributed by atoms with Gasteiger partial charge in [-0.15, -0.1) is 0 Å². The number of amides is 1. The molecule has 3 rings (SSSR count). The second-order valence-corrected chi connectivity index (χ2v) is 8.60. The van der Waals surface area contributed by atoms with Crippen LogP contribution in [0, 0.1) is 13.8 Å². The van der Waals surface area contributed by atoms with Crippen LogP contribution in [0.5, 0.6) is 0 Å². The van der Waals surface area contributed by atoms with E-state index < -0.39 is 21.7 Å². The summed E-state index contributed by atoms with van der Waals surface area (Å²) in [5, 5.41) is 11.9. The Bertz CT molecular complexity index is 1180. The van der Waals surface area contributed by atoms with Crippen molar-refractivity contribution in [1.29, 1.82) is 0 Å². The van der Waals surface area contributed by atoms with Crippen LogP contribution in [-0.4, -0.2) is 25.4 Å². The number of anilines is 1. The number of hydrogen-bond acceptors (Lipinski definition) is 4. The topological polar surface area (TPSA) is 101 Å². The fourth-order valence-corrected chi connectivity index (χ4v) is 4.06. The third-order valence-electron chi connectivity index (χ3n) is 4.40. The zero-order valence-electron chi connectivity index (χ0n) is 15.8. The van der Waals surface area contributed by atoms with Gasteiger partial charge in [-0.3, -0.25) is 4.79 Å². The molecule has 0 heterocycles. The van der Waals surface area contributed by atoms with Crippen molar-refractivity contribution in [1.82, 2.24) is 0 Å². The SMILES string of the molecule is Cc1ccc(S(=O)(=O)c2ccc(NC(=O)c3cc(C)ccc3C(=O)O)cc2)cc1. The predicted molar refractivity (Wildman–Crippen MR) is 109 cm³/mol. The molecule has 0 aliphatic rings. The summed E-state index contributed by atoms with van der Waals surface area (Å²) in [6, 6.07) is 16.8. The number of carbonyl (C=O) groups is 2. The smallest absolute Gasteiger partial charge is 0.336 e. The van der Waals surface area contributed by atoms with E-state index in [1.165, 1.54) is 36.4 Å². The summed E-state index contributed by atoms with van der Waals surface area (Å²) in [5.41, 5.74) is 2.00. The fraction of sp³-hybridized carbons (Fsp3) is 0.0909. The molecule has 0 unspecified atom stereocenters. The van der Waals surface area contributed by atoms with Crippen molar-refractivity contribution >= 4 is 27.4 Å². The summed E-state index contributed by atoms with van der Waals surface area (Å²) in [4.78, 5) is 24.2. The van der Waals surface area contributed by atoms with Gasteiger partial charge in [0.25, 0.3) is 5.91 Å². The molecule has 7 heteroatoms. The maximum absolute atomic E-state index is 12.7. The molecule has 0 fully saturated rings. The lowest BCUT2D eigenvalue weighted by Gasteiger charge is -2.10. The highest BCUT2D eigenvalue weighted by molar-refractivity contribution is 7.91. The minimum Gasteiger partial charge on any atom is -0.478 e. The minimum atomic E-state index is -3.67. The molecule has 3 aromatic rings. The predicted octanol–water partition coefficient (Wildman–Crippen LogP) is 4.09. The first-order valence-electron chi connectivity index (χ1n) is 8.75. The van der Waals surface area contributed by atoms with E-state index >= 15 is 0 Å². The molecule has 0 saturated carbocycles. The van der Waals surface area contributed by atoms with E-state index in [0.29, 0.717) is 5.69 Å². The lowest BCUT2D eigenvalue weighted by molar-refractivity contribution is 0.0692. The van der Waals surface area contributed by atoms with Gasteiger partial charge in [0, 0.05) is 5.69 Å². The molecule has 0 bridgehead atoms. The Morgan fingerprint density at radius 3 is 1.83 bits per heavy atom. The van der Waals surface area contributed by atoms with Gasteiger partial charge in [-0.2, -0.15) is 0 Å². The van der Waals surface area contributed by atoms with Gasteiger partial charge in [-0.25, -0.2) is 13.2 Å². The summed E-state index contributed by atoms with van der Waals surface area (Å²) in [6.07, 6.45) is 0. The highest BCUT2D eigenvalue weighted by atomic mass is 32.2. The lowest BCUT2D eigenvalue weighted by Crippen LogP contribution is -2.16. The summed E-state index contributed by atoms with van der Waals surface area (Å²) in [6.45, 7) is 3.63. The average molecular weight is 409 g/mol. The third-order valence-corrected chi connectivity index (χ3v) is 6.19. The van der Waals surface area contributed by atoms with E-state index in [0.717, 1.165) is 11.1 Å². The van der Waals surface area contributed by atoms with Crippen molar-refractivity contribution in [3.8, 4) is 0 Å². The number of carboxylic acids is 1. The second kappa shape index (κ2) is 7.89. The fourth-order valence-electron chi connectivity index (χ4n) is 2.80. The molecule has 0 saturated heterocycles. The zero-order valence-corrected chi connectivity index (χ0v) is 16.7. The molecular weight excluding hydrogens is 390 g/mol. The normalized spacial score (nSPS) is 11.1. The van der Waals surface area contributed by atoms with Crippen molar-refractivity contribution in [2.24, 2.45) is 0 Å². The van der Waals surface area contributed by atoms with Gasteiger partial charge in [-0.05, 0) is 62.4 Å². The number of sulfone groups is 1. The van der Waals surface area contributed by atoms with Crippen LogP contribution >= 0.6 is 0 Å². The van der Waals surface area contributed by atoms with Crippen molar-refractivity contribution in [2.45, 2.75) is 23.6 Å². The first-order chi connectivity index (χ1) is 13.7. The number of rotatable bonds is 5. The molecular formula is C22H19NO5S. The van der Waals surface area contributed by atoms with Gasteiger partial charge < -0.3 is 10.4 Å².